The van der Waals surface area contributed by atoms with Crippen molar-refractivity contribution in [1.29, 1.82) is 0 Å². The third kappa shape index (κ3) is 2.92. The van der Waals surface area contributed by atoms with Gasteiger partial charge in [0.05, 0.1) is 0 Å². The molecule has 0 saturated heterocycles. The number of primary amides is 1. The van der Waals surface area contributed by atoms with Gasteiger partial charge in [0.1, 0.15) is 12.6 Å². The van der Waals surface area contributed by atoms with Crippen LogP contribution in [0.1, 0.15) is 16.8 Å². The van der Waals surface area contributed by atoms with Gasteiger partial charge in [-0.1, -0.05) is 35.6 Å². The summed E-state index contributed by atoms with van der Waals surface area (Å²) in [5.74, 6) is -0.797. The van der Waals surface area contributed by atoms with Crippen molar-refractivity contribution < 1.29 is 9.59 Å². The van der Waals surface area contributed by atoms with E-state index in [0.717, 1.165) is 28.2 Å². The zero-order valence-electron chi connectivity index (χ0n) is 12.7. The molecule has 0 aliphatic carbocycles. The number of nitrogens with zero attached hydrogens (tertiary/aromatic N) is 2. The van der Waals surface area contributed by atoms with Crippen LogP contribution in [0.5, 0.6) is 0 Å². The van der Waals surface area contributed by atoms with Gasteiger partial charge in [0.2, 0.25) is 11.8 Å². The van der Waals surface area contributed by atoms with Gasteiger partial charge in [-0.2, -0.15) is 0 Å². The van der Waals surface area contributed by atoms with Gasteiger partial charge in [-0.3, -0.25) is 19.0 Å². The molecular formula is C16H17N3O3S. The van der Waals surface area contributed by atoms with E-state index in [0.29, 0.717) is 13.0 Å². The maximum atomic E-state index is 12.7. The van der Waals surface area contributed by atoms with Crippen molar-refractivity contribution in [2.75, 3.05) is 0 Å². The van der Waals surface area contributed by atoms with Crippen molar-refractivity contribution >= 4 is 23.2 Å². The molecule has 2 aromatic rings. The molecule has 2 heterocycles. The first-order valence-electron chi connectivity index (χ1n) is 7.28. The molecule has 2 N–H and O–H groups in total. The summed E-state index contributed by atoms with van der Waals surface area (Å²) in [6, 6.07) is 7.02. The van der Waals surface area contributed by atoms with Gasteiger partial charge in [0.25, 0.3) is 0 Å². The van der Waals surface area contributed by atoms with Crippen LogP contribution < -0.4 is 10.6 Å². The quantitative estimate of drug-likeness (QED) is 0.896. The van der Waals surface area contributed by atoms with Crippen LogP contribution in [0.2, 0.25) is 0 Å². The summed E-state index contributed by atoms with van der Waals surface area (Å²) >= 11 is 1.06. The second-order valence-electron chi connectivity index (χ2n) is 5.64. The number of hydrogen-bond donors (Lipinski definition) is 1. The molecule has 2 amide bonds. The molecule has 7 heteroatoms. The lowest BCUT2D eigenvalue weighted by Gasteiger charge is -2.35. The van der Waals surface area contributed by atoms with Crippen LogP contribution in [0.3, 0.4) is 0 Å². The Morgan fingerprint density at radius 2 is 2.00 bits per heavy atom. The van der Waals surface area contributed by atoms with Crippen LogP contribution in [0.4, 0.5) is 0 Å². The standard InChI is InChI=1S/C16H17N3O3S/c1-10-9-23-16(22)18(10)8-14(20)19-7-12-5-3-2-4-11(12)6-13(19)15(17)21/h2-5,9,13H,6-8H2,1H3,(H2,17,21). The Labute approximate surface area is 137 Å². The molecule has 3 rings (SSSR count). The number of carbonyl (C=O) groups excluding carboxylic acids is 2. The first kappa shape index (κ1) is 15.5. The number of fused-ring (bicyclic) bond motifs is 1. The van der Waals surface area contributed by atoms with E-state index in [2.05, 4.69) is 0 Å². The third-order valence-corrected chi connectivity index (χ3v) is 5.05. The Hall–Kier alpha value is -2.41. The van der Waals surface area contributed by atoms with Crippen LogP contribution in [0.25, 0.3) is 0 Å². The predicted molar refractivity (Wildman–Crippen MR) is 87.0 cm³/mol. The lowest BCUT2D eigenvalue weighted by atomic mass is 9.93. The molecule has 0 saturated carbocycles. The van der Waals surface area contributed by atoms with E-state index in [1.54, 1.807) is 12.3 Å². The van der Waals surface area contributed by atoms with Crippen LogP contribution >= 0.6 is 11.3 Å². The first-order valence-corrected chi connectivity index (χ1v) is 8.16. The maximum Gasteiger partial charge on any atom is 0.307 e. The number of aryl methyl sites for hydroxylation is 1. The molecule has 1 aromatic carbocycles. The van der Waals surface area contributed by atoms with Crippen molar-refractivity contribution in [3.05, 3.63) is 56.1 Å². The number of amides is 2. The minimum absolute atomic E-state index is 0.0693. The van der Waals surface area contributed by atoms with Crippen LogP contribution in [-0.2, 0) is 29.1 Å². The van der Waals surface area contributed by atoms with Crippen LogP contribution in [-0.4, -0.2) is 27.3 Å². The fourth-order valence-corrected chi connectivity index (χ4v) is 3.60. The fourth-order valence-electron chi connectivity index (χ4n) is 2.86. The molecule has 1 aliphatic rings. The lowest BCUT2D eigenvalue weighted by Crippen LogP contribution is -2.52. The normalized spacial score (nSPS) is 16.9. The Bertz CT molecular complexity index is 824. The molecule has 1 aromatic heterocycles. The largest absolute Gasteiger partial charge is 0.368 e. The van der Waals surface area contributed by atoms with Crippen molar-refractivity contribution in [2.24, 2.45) is 5.73 Å². The van der Waals surface area contributed by atoms with E-state index in [4.69, 9.17) is 5.73 Å². The van der Waals surface area contributed by atoms with Gasteiger partial charge in [0, 0.05) is 24.0 Å². The van der Waals surface area contributed by atoms with E-state index >= 15 is 0 Å². The minimum Gasteiger partial charge on any atom is -0.368 e. The van der Waals surface area contributed by atoms with Crippen molar-refractivity contribution in [3.63, 3.8) is 0 Å². The second-order valence-corrected chi connectivity index (χ2v) is 6.46. The van der Waals surface area contributed by atoms with Crippen LogP contribution in [0.15, 0.2) is 34.4 Å². The molecule has 23 heavy (non-hydrogen) atoms. The van der Waals surface area contributed by atoms with Crippen molar-refractivity contribution in [1.82, 2.24) is 9.47 Å². The average molecular weight is 331 g/mol. The topological polar surface area (TPSA) is 85.4 Å². The molecule has 0 radical (unpaired) electrons. The smallest absolute Gasteiger partial charge is 0.307 e. The summed E-state index contributed by atoms with van der Waals surface area (Å²) in [5.41, 5.74) is 8.26. The third-order valence-electron chi connectivity index (χ3n) is 4.17. The molecule has 1 atom stereocenters. The summed E-state index contributed by atoms with van der Waals surface area (Å²) in [5, 5.41) is 1.71. The first-order chi connectivity index (χ1) is 11.0. The average Bonchev–Trinajstić information content (AvgIpc) is 2.85. The Balaban J connectivity index is 1.89. The van der Waals surface area contributed by atoms with E-state index in [-0.39, 0.29) is 17.3 Å². The SMILES string of the molecule is Cc1csc(=O)n1CC(=O)N1Cc2ccccc2CC1C(N)=O. The van der Waals surface area contributed by atoms with Gasteiger partial charge >= 0.3 is 4.87 Å². The van der Waals surface area contributed by atoms with Crippen LogP contribution in [0, 0.1) is 6.92 Å². The Kier molecular flexibility index (Phi) is 4.04. The monoisotopic (exact) mass is 331 g/mol. The maximum absolute atomic E-state index is 12.7. The summed E-state index contributed by atoms with van der Waals surface area (Å²) in [7, 11) is 0. The highest BCUT2D eigenvalue weighted by atomic mass is 32.1. The lowest BCUT2D eigenvalue weighted by molar-refractivity contribution is -0.141. The molecule has 1 aliphatic heterocycles. The van der Waals surface area contributed by atoms with Gasteiger partial charge in [-0.25, -0.2) is 0 Å². The second kappa shape index (κ2) is 6.00. The Morgan fingerprint density at radius 1 is 1.30 bits per heavy atom. The minimum atomic E-state index is -0.674. The summed E-state index contributed by atoms with van der Waals surface area (Å²) in [6.45, 7) is 2.04. The molecule has 1 unspecified atom stereocenters. The number of thiazole rings is 1. The summed E-state index contributed by atoms with van der Waals surface area (Å²) in [4.78, 5) is 37.5. The number of hydrogen-bond acceptors (Lipinski definition) is 4. The zero-order valence-corrected chi connectivity index (χ0v) is 13.5. The molecular weight excluding hydrogens is 314 g/mol. The van der Waals surface area contributed by atoms with Crippen molar-refractivity contribution in [3.8, 4) is 0 Å². The van der Waals surface area contributed by atoms with Gasteiger partial charge < -0.3 is 10.6 Å². The summed E-state index contributed by atoms with van der Waals surface area (Å²) < 4.78 is 1.42. The summed E-state index contributed by atoms with van der Waals surface area (Å²) in [6.07, 6.45) is 0.411. The van der Waals surface area contributed by atoms with E-state index < -0.39 is 11.9 Å². The number of nitrogens with two attached hydrogens (primary N) is 1. The van der Waals surface area contributed by atoms with Gasteiger partial charge in [-0.05, 0) is 18.1 Å². The predicted octanol–water partition coefficient (Wildman–Crippen LogP) is 0.657. The molecule has 0 fully saturated rings. The molecule has 0 spiro atoms. The fraction of sp³-hybridized carbons (Fsp3) is 0.312. The molecule has 0 bridgehead atoms. The number of benzene rings is 1. The molecule has 6 nitrogen and oxygen atoms in total. The number of rotatable bonds is 3. The molecule has 120 valence electrons. The highest BCUT2D eigenvalue weighted by molar-refractivity contribution is 7.07. The zero-order chi connectivity index (χ0) is 16.6. The Morgan fingerprint density at radius 3 is 2.61 bits per heavy atom. The number of carbonyl (C=O) groups is 2. The highest BCUT2D eigenvalue weighted by Gasteiger charge is 2.33. The van der Waals surface area contributed by atoms with E-state index in [1.807, 2.05) is 24.3 Å². The highest BCUT2D eigenvalue weighted by Crippen LogP contribution is 2.23. The van der Waals surface area contributed by atoms with E-state index in [9.17, 15) is 14.4 Å². The van der Waals surface area contributed by atoms with Gasteiger partial charge in [0.15, 0.2) is 0 Å². The van der Waals surface area contributed by atoms with E-state index in [1.165, 1.54) is 9.47 Å². The van der Waals surface area contributed by atoms with Gasteiger partial charge in [-0.15, -0.1) is 0 Å². The van der Waals surface area contributed by atoms with Crippen molar-refractivity contribution in [2.45, 2.75) is 32.5 Å². The number of aromatic nitrogens is 1.